The Kier molecular flexibility index (Phi) is 5.18. The Morgan fingerprint density at radius 3 is 2.43 bits per heavy atom. The number of hydrogen-bond acceptors (Lipinski definition) is 2. The fourth-order valence-corrected chi connectivity index (χ4v) is 3.92. The SMILES string of the molecule is Clc1cc2c(cc1C(Cl)CCC1CCCC1)OCCCO2. The van der Waals surface area contributed by atoms with Crippen molar-refractivity contribution in [2.75, 3.05) is 13.2 Å². The third-order valence-electron chi connectivity index (χ3n) is 4.51. The Morgan fingerprint density at radius 1 is 1.05 bits per heavy atom. The lowest BCUT2D eigenvalue weighted by Gasteiger charge is -2.17. The second-order valence-corrected chi connectivity index (χ2v) is 7.00. The summed E-state index contributed by atoms with van der Waals surface area (Å²) in [5, 5.41) is 0.640. The van der Waals surface area contributed by atoms with Crippen molar-refractivity contribution < 1.29 is 9.47 Å². The van der Waals surface area contributed by atoms with Gasteiger partial charge in [0.25, 0.3) is 0 Å². The van der Waals surface area contributed by atoms with Gasteiger partial charge in [0.05, 0.1) is 18.6 Å². The van der Waals surface area contributed by atoms with E-state index in [0.29, 0.717) is 18.2 Å². The van der Waals surface area contributed by atoms with Crippen LogP contribution >= 0.6 is 23.2 Å². The second kappa shape index (κ2) is 7.11. The molecule has 0 amide bonds. The van der Waals surface area contributed by atoms with E-state index in [-0.39, 0.29) is 5.38 Å². The van der Waals surface area contributed by atoms with Gasteiger partial charge in [0.1, 0.15) is 0 Å². The van der Waals surface area contributed by atoms with Gasteiger partial charge in [0, 0.05) is 17.5 Å². The van der Waals surface area contributed by atoms with Crippen LogP contribution in [0.4, 0.5) is 0 Å². The lowest BCUT2D eigenvalue weighted by Crippen LogP contribution is -2.00. The predicted octanol–water partition coefficient (Wildman–Crippen LogP) is 5.75. The molecule has 1 aliphatic heterocycles. The molecule has 0 spiro atoms. The van der Waals surface area contributed by atoms with E-state index in [1.54, 1.807) is 0 Å². The highest BCUT2D eigenvalue weighted by Gasteiger charge is 2.21. The van der Waals surface area contributed by atoms with Crippen molar-refractivity contribution in [3.05, 3.63) is 22.7 Å². The molecule has 0 aromatic heterocycles. The van der Waals surface area contributed by atoms with Crippen LogP contribution in [0.2, 0.25) is 5.02 Å². The summed E-state index contributed by atoms with van der Waals surface area (Å²) in [6.45, 7) is 1.36. The first kappa shape index (κ1) is 15.3. The Morgan fingerprint density at radius 2 is 1.71 bits per heavy atom. The minimum Gasteiger partial charge on any atom is -0.490 e. The van der Waals surface area contributed by atoms with Gasteiger partial charge in [-0.25, -0.2) is 0 Å². The molecule has 0 saturated heterocycles. The van der Waals surface area contributed by atoms with Gasteiger partial charge in [-0.2, -0.15) is 0 Å². The Hall–Kier alpha value is -0.600. The molecular weight excluding hydrogens is 307 g/mol. The zero-order chi connectivity index (χ0) is 14.7. The summed E-state index contributed by atoms with van der Waals surface area (Å²) in [6.07, 6.45) is 8.54. The van der Waals surface area contributed by atoms with Crippen molar-refractivity contribution in [1.29, 1.82) is 0 Å². The summed E-state index contributed by atoms with van der Waals surface area (Å²) < 4.78 is 11.4. The minimum absolute atomic E-state index is 0.0461. The summed E-state index contributed by atoms with van der Waals surface area (Å²) in [5.41, 5.74) is 0.973. The average Bonchev–Trinajstić information content (AvgIpc) is 2.89. The highest BCUT2D eigenvalue weighted by Crippen LogP contribution is 2.41. The summed E-state index contributed by atoms with van der Waals surface area (Å²) in [5.74, 6) is 2.37. The van der Waals surface area contributed by atoms with E-state index in [1.165, 1.54) is 32.1 Å². The Labute approximate surface area is 136 Å². The molecule has 1 atom stereocenters. The molecule has 1 aliphatic carbocycles. The molecule has 1 unspecified atom stereocenters. The van der Waals surface area contributed by atoms with E-state index in [0.717, 1.165) is 35.8 Å². The number of ether oxygens (including phenoxy) is 2. The third kappa shape index (κ3) is 3.78. The minimum atomic E-state index is -0.0461. The van der Waals surface area contributed by atoms with Crippen LogP contribution in [-0.4, -0.2) is 13.2 Å². The predicted molar refractivity (Wildman–Crippen MR) is 86.8 cm³/mol. The lowest BCUT2D eigenvalue weighted by atomic mass is 9.98. The van der Waals surface area contributed by atoms with Gasteiger partial charge in [-0.3, -0.25) is 0 Å². The molecule has 4 heteroatoms. The van der Waals surface area contributed by atoms with Gasteiger partial charge in [-0.05, 0) is 30.4 Å². The van der Waals surface area contributed by atoms with Crippen LogP contribution in [0.25, 0.3) is 0 Å². The van der Waals surface area contributed by atoms with Crippen LogP contribution in [-0.2, 0) is 0 Å². The van der Waals surface area contributed by atoms with E-state index >= 15 is 0 Å². The molecule has 2 nitrogen and oxygen atoms in total. The molecule has 0 radical (unpaired) electrons. The number of rotatable bonds is 4. The maximum Gasteiger partial charge on any atom is 0.162 e. The maximum absolute atomic E-state index is 6.59. The first-order valence-electron chi connectivity index (χ1n) is 7.97. The van der Waals surface area contributed by atoms with Gasteiger partial charge < -0.3 is 9.47 Å². The summed E-state index contributed by atoms with van der Waals surface area (Å²) in [7, 11) is 0. The highest BCUT2D eigenvalue weighted by atomic mass is 35.5. The fraction of sp³-hybridized carbons (Fsp3) is 0.647. The standard InChI is InChI=1S/C17H22Cl2O2/c18-14(7-6-12-4-1-2-5-12)13-10-16-17(11-15(13)19)21-9-3-8-20-16/h10-12,14H,1-9H2. The largest absolute Gasteiger partial charge is 0.490 e. The second-order valence-electron chi connectivity index (χ2n) is 6.07. The van der Waals surface area contributed by atoms with Gasteiger partial charge in [-0.15, -0.1) is 11.6 Å². The first-order valence-corrected chi connectivity index (χ1v) is 8.78. The summed E-state index contributed by atoms with van der Waals surface area (Å²) in [6, 6.07) is 3.82. The van der Waals surface area contributed by atoms with Crippen LogP contribution in [0.15, 0.2) is 12.1 Å². The van der Waals surface area contributed by atoms with Gasteiger partial charge >= 0.3 is 0 Å². The molecule has 1 aromatic carbocycles. The third-order valence-corrected chi connectivity index (χ3v) is 5.29. The zero-order valence-corrected chi connectivity index (χ0v) is 13.8. The van der Waals surface area contributed by atoms with Gasteiger partial charge in [-0.1, -0.05) is 37.3 Å². The zero-order valence-electron chi connectivity index (χ0n) is 12.2. The van der Waals surface area contributed by atoms with E-state index in [4.69, 9.17) is 32.7 Å². The quantitative estimate of drug-likeness (QED) is 0.655. The molecule has 0 N–H and O–H groups in total. The highest BCUT2D eigenvalue weighted by molar-refractivity contribution is 6.33. The van der Waals surface area contributed by atoms with Crippen LogP contribution < -0.4 is 9.47 Å². The van der Waals surface area contributed by atoms with Crippen LogP contribution in [0.1, 0.15) is 55.9 Å². The molecule has 2 aliphatic rings. The monoisotopic (exact) mass is 328 g/mol. The molecular formula is C17H22Cl2O2. The Balaban J connectivity index is 1.69. The summed E-state index contributed by atoms with van der Waals surface area (Å²) in [4.78, 5) is 0. The van der Waals surface area contributed by atoms with E-state index in [9.17, 15) is 0 Å². The molecule has 3 rings (SSSR count). The Bertz CT molecular complexity index is 484. The van der Waals surface area contributed by atoms with Crippen molar-refractivity contribution in [2.24, 2.45) is 5.92 Å². The van der Waals surface area contributed by atoms with Crippen molar-refractivity contribution in [3.63, 3.8) is 0 Å². The van der Waals surface area contributed by atoms with Crippen molar-refractivity contribution in [1.82, 2.24) is 0 Å². The van der Waals surface area contributed by atoms with Crippen molar-refractivity contribution in [2.45, 2.75) is 50.3 Å². The van der Waals surface area contributed by atoms with E-state index in [1.807, 2.05) is 12.1 Å². The first-order chi connectivity index (χ1) is 10.2. The number of benzene rings is 1. The fourth-order valence-electron chi connectivity index (χ4n) is 3.28. The molecule has 0 bridgehead atoms. The molecule has 1 fully saturated rings. The molecule has 1 heterocycles. The molecule has 1 aromatic rings. The van der Waals surface area contributed by atoms with Gasteiger partial charge in [0.2, 0.25) is 0 Å². The molecule has 1 saturated carbocycles. The van der Waals surface area contributed by atoms with E-state index < -0.39 is 0 Å². The van der Waals surface area contributed by atoms with Crippen molar-refractivity contribution in [3.8, 4) is 11.5 Å². The van der Waals surface area contributed by atoms with Crippen molar-refractivity contribution >= 4 is 23.2 Å². The summed E-state index contributed by atoms with van der Waals surface area (Å²) >= 11 is 13.0. The van der Waals surface area contributed by atoms with Crippen LogP contribution in [0, 0.1) is 5.92 Å². The average molecular weight is 329 g/mol. The van der Waals surface area contributed by atoms with Gasteiger partial charge in [0.15, 0.2) is 11.5 Å². The number of halogens is 2. The maximum atomic E-state index is 6.59. The topological polar surface area (TPSA) is 18.5 Å². The smallest absolute Gasteiger partial charge is 0.162 e. The number of alkyl halides is 1. The van der Waals surface area contributed by atoms with E-state index in [2.05, 4.69) is 0 Å². The lowest BCUT2D eigenvalue weighted by molar-refractivity contribution is 0.297. The normalized spacial score (nSPS) is 20.3. The molecule has 21 heavy (non-hydrogen) atoms. The molecule has 116 valence electrons. The van der Waals surface area contributed by atoms with Crippen LogP contribution in [0.3, 0.4) is 0 Å². The van der Waals surface area contributed by atoms with Crippen LogP contribution in [0.5, 0.6) is 11.5 Å². The number of hydrogen-bond donors (Lipinski definition) is 0. The number of fused-ring (bicyclic) bond motifs is 1.